The highest BCUT2D eigenvalue weighted by molar-refractivity contribution is 7.84. The van der Waals surface area contributed by atoms with Gasteiger partial charge in [-0.15, -0.1) is 0 Å². The Morgan fingerprint density at radius 3 is 2.72 bits per heavy atom. The molecule has 1 amide bonds. The van der Waals surface area contributed by atoms with E-state index in [9.17, 15) is 9.00 Å². The second kappa shape index (κ2) is 6.39. The summed E-state index contributed by atoms with van der Waals surface area (Å²) >= 11 is 0. The molecule has 1 rings (SSSR count). The number of hydrogen-bond donors (Lipinski definition) is 3. The van der Waals surface area contributed by atoms with Crippen LogP contribution in [0.4, 0.5) is 11.4 Å². The van der Waals surface area contributed by atoms with Gasteiger partial charge in [-0.2, -0.15) is 0 Å². The molecule has 18 heavy (non-hydrogen) atoms. The Labute approximate surface area is 109 Å². The highest BCUT2D eigenvalue weighted by Crippen LogP contribution is 2.19. The highest BCUT2D eigenvalue weighted by atomic mass is 32.2. The van der Waals surface area contributed by atoms with Crippen LogP contribution >= 0.6 is 0 Å². The van der Waals surface area contributed by atoms with Crippen LogP contribution in [0.2, 0.25) is 0 Å². The first-order chi connectivity index (χ1) is 8.41. The van der Waals surface area contributed by atoms with Crippen LogP contribution in [-0.4, -0.2) is 28.2 Å². The SMILES string of the molecule is CC(CCNc1cc(N)ccc1C(N)=O)S(C)=O. The standard InChI is InChI=1S/C12H19N3O2S/c1-8(18(2)17)5-6-15-11-7-9(13)3-4-10(11)12(14)16/h3-4,7-8,15H,5-6,13H2,1-2H3,(H2,14,16). The minimum atomic E-state index is -0.843. The second-order valence-corrected chi connectivity index (χ2v) is 6.00. The van der Waals surface area contributed by atoms with Crippen molar-refractivity contribution in [2.24, 2.45) is 5.73 Å². The van der Waals surface area contributed by atoms with Gasteiger partial charge < -0.3 is 16.8 Å². The molecule has 0 saturated heterocycles. The predicted octanol–water partition coefficient (Wildman–Crippen LogP) is 0.937. The number of primary amides is 1. The molecule has 1 aromatic carbocycles. The Morgan fingerprint density at radius 1 is 1.50 bits per heavy atom. The van der Waals surface area contributed by atoms with Gasteiger partial charge in [-0.1, -0.05) is 6.92 Å². The molecule has 6 heteroatoms. The van der Waals surface area contributed by atoms with E-state index in [1.54, 1.807) is 24.5 Å². The van der Waals surface area contributed by atoms with Crippen molar-refractivity contribution >= 4 is 28.1 Å². The summed E-state index contributed by atoms with van der Waals surface area (Å²) in [6.45, 7) is 2.54. The number of nitrogens with one attached hydrogen (secondary N) is 1. The Morgan fingerprint density at radius 2 is 2.17 bits per heavy atom. The lowest BCUT2D eigenvalue weighted by Gasteiger charge is -2.13. The Bertz CT molecular complexity index is 463. The number of anilines is 2. The molecular formula is C12H19N3O2S. The molecule has 100 valence electrons. The molecule has 0 aliphatic heterocycles. The lowest BCUT2D eigenvalue weighted by molar-refractivity contribution is 0.100. The lowest BCUT2D eigenvalue weighted by atomic mass is 10.1. The van der Waals surface area contributed by atoms with Crippen LogP contribution in [0, 0.1) is 0 Å². The van der Waals surface area contributed by atoms with E-state index in [2.05, 4.69) is 5.32 Å². The van der Waals surface area contributed by atoms with Gasteiger partial charge >= 0.3 is 0 Å². The highest BCUT2D eigenvalue weighted by Gasteiger charge is 2.09. The summed E-state index contributed by atoms with van der Waals surface area (Å²) in [4.78, 5) is 11.2. The smallest absolute Gasteiger partial charge is 0.250 e. The summed E-state index contributed by atoms with van der Waals surface area (Å²) in [5, 5.41) is 3.21. The van der Waals surface area contributed by atoms with E-state index in [1.165, 1.54) is 0 Å². The van der Waals surface area contributed by atoms with Crippen molar-refractivity contribution in [3.05, 3.63) is 23.8 Å². The topological polar surface area (TPSA) is 98.2 Å². The zero-order valence-corrected chi connectivity index (χ0v) is 11.4. The Hall–Kier alpha value is -1.56. The maximum absolute atomic E-state index is 11.2. The van der Waals surface area contributed by atoms with Crippen molar-refractivity contribution in [2.75, 3.05) is 23.9 Å². The van der Waals surface area contributed by atoms with Crippen molar-refractivity contribution in [1.29, 1.82) is 0 Å². The third kappa shape index (κ3) is 4.03. The van der Waals surface area contributed by atoms with Gasteiger partial charge in [-0.05, 0) is 24.6 Å². The van der Waals surface area contributed by atoms with Crippen LogP contribution in [0.1, 0.15) is 23.7 Å². The van der Waals surface area contributed by atoms with Crippen LogP contribution in [0.5, 0.6) is 0 Å². The molecule has 0 spiro atoms. The van der Waals surface area contributed by atoms with E-state index in [1.807, 2.05) is 6.92 Å². The summed E-state index contributed by atoms with van der Waals surface area (Å²) in [5.41, 5.74) is 12.5. The zero-order chi connectivity index (χ0) is 13.7. The molecule has 5 nitrogen and oxygen atoms in total. The summed E-state index contributed by atoms with van der Waals surface area (Å²) < 4.78 is 11.2. The van der Waals surface area contributed by atoms with Gasteiger partial charge in [0.15, 0.2) is 0 Å². The van der Waals surface area contributed by atoms with E-state index in [0.717, 1.165) is 6.42 Å². The van der Waals surface area contributed by atoms with Crippen LogP contribution in [0.25, 0.3) is 0 Å². The van der Waals surface area contributed by atoms with E-state index < -0.39 is 16.7 Å². The van der Waals surface area contributed by atoms with Gasteiger partial charge in [0.05, 0.1) is 5.56 Å². The molecule has 2 unspecified atom stereocenters. The molecule has 0 aliphatic carbocycles. The quantitative estimate of drug-likeness (QED) is 0.669. The van der Waals surface area contributed by atoms with Gasteiger partial charge in [-0.3, -0.25) is 9.00 Å². The van der Waals surface area contributed by atoms with Gasteiger partial charge in [0, 0.05) is 40.2 Å². The summed E-state index contributed by atoms with van der Waals surface area (Å²) in [7, 11) is -0.843. The average Bonchev–Trinajstić information content (AvgIpc) is 2.28. The van der Waals surface area contributed by atoms with E-state index in [0.29, 0.717) is 23.5 Å². The number of hydrogen-bond acceptors (Lipinski definition) is 4. The average molecular weight is 269 g/mol. The van der Waals surface area contributed by atoms with Gasteiger partial charge in [0.2, 0.25) is 0 Å². The first-order valence-electron chi connectivity index (χ1n) is 5.67. The fourth-order valence-corrected chi connectivity index (χ4v) is 1.95. The zero-order valence-electron chi connectivity index (χ0n) is 10.6. The molecule has 0 aromatic heterocycles. The van der Waals surface area contributed by atoms with E-state index in [-0.39, 0.29) is 5.25 Å². The molecule has 0 saturated carbocycles. The van der Waals surface area contributed by atoms with Gasteiger partial charge in [-0.25, -0.2) is 0 Å². The molecule has 1 aromatic rings. The first kappa shape index (κ1) is 14.5. The fourth-order valence-electron chi connectivity index (χ4n) is 1.50. The number of benzene rings is 1. The van der Waals surface area contributed by atoms with Gasteiger partial charge in [0.25, 0.3) is 5.91 Å². The number of carbonyl (C=O) groups is 1. The van der Waals surface area contributed by atoms with E-state index >= 15 is 0 Å². The van der Waals surface area contributed by atoms with Crippen LogP contribution in [0.3, 0.4) is 0 Å². The van der Waals surface area contributed by atoms with Crippen LogP contribution in [-0.2, 0) is 10.8 Å². The second-order valence-electron chi connectivity index (χ2n) is 4.19. The molecule has 0 bridgehead atoms. The number of rotatable bonds is 6. The predicted molar refractivity (Wildman–Crippen MR) is 76.0 cm³/mol. The number of amides is 1. The molecule has 5 N–H and O–H groups in total. The van der Waals surface area contributed by atoms with Crippen molar-refractivity contribution < 1.29 is 9.00 Å². The summed E-state index contributed by atoms with van der Waals surface area (Å²) in [6.07, 6.45) is 2.43. The minimum absolute atomic E-state index is 0.107. The number of nitrogens with two attached hydrogens (primary N) is 2. The lowest BCUT2D eigenvalue weighted by Crippen LogP contribution is -2.18. The molecule has 0 heterocycles. The molecule has 0 aliphatic rings. The molecule has 0 fully saturated rings. The fraction of sp³-hybridized carbons (Fsp3) is 0.417. The van der Waals surface area contributed by atoms with Crippen LogP contribution in [0.15, 0.2) is 18.2 Å². The number of nitrogen functional groups attached to an aromatic ring is 1. The van der Waals surface area contributed by atoms with Gasteiger partial charge in [0.1, 0.15) is 0 Å². The van der Waals surface area contributed by atoms with Crippen molar-refractivity contribution in [3.8, 4) is 0 Å². The normalized spacial score (nSPS) is 13.9. The van der Waals surface area contributed by atoms with Crippen molar-refractivity contribution in [2.45, 2.75) is 18.6 Å². The number of carbonyl (C=O) groups excluding carboxylic acids is 1. The third-order valence-electron chi connectivity index (χ3n) is 2.74. The third-order valence-corrected chi connectivity index (χ3v) is 4.11. The van der Waals surface area contributed by atoms with Crippen molar-refractivity contribution in [3.63, 3.8) is 0 Å². The Kier molecular flexibility index (Phi) is 5.15. The Balaban J connectivity index is 2.69. The maximum Gasteiger partial charge on any atom is 0.250 e. The maximum atomic E-state index is 11.2. The molecule has 0 radical (unpaired) electrons. The monoisotopic (exact) mass is 269 g/mol. The largest absolute Gasteiger partial charge is 0.399 e. The van der Waals surface area contributed by atoms with E-state index in [4.69, 9.17) is 11.5 Å². The first-order valence-corrected chi connectivity index (χ1v) is 7.29. The summed E-state index contributed by atoms with van der Waals surface area (Å²) in [5.74, 6) is -0.496. The minimum Gasteiger partial charge on any atom is -0.399 e. The summed E-state index contributed by atoms with van der Waals surface area (Å²) in [6, 6.07) is 4.91. The van der Waals surface area contributed by atoms with Crippen LogP contribution < -0.4 is 16.8 Å². The molecule has 2 atom stereocenters. The molecular weight excluding hydrogens is 250 g/mol. The van der Waals surface area contributed by atoms with Crippen molar-refractivity contribution in [1.82, 2.24) is 0 Å².